The number of hydrogen-bond acceptors (Lipinski definition) is 6. The minimum atomic E-state index is 0.0298. The van der Waals surface area contributed by atoms with Crippen molar-refractivity contribution in [2.75, 3.05) is 33.3 Å². The number of benzene rings is 2. The third kappa shape index (κ3) is 5.59. The topological polar surface area (TPSA) is 71.7 Å². The maximum Gasteiger partial charge on any atom is 0.246 e. The summed E-state index contributed by atoms with van der Waals surface area (Å²) in [6.45, 7) is 3.43. The van der Waals surface area contributed by atoms with Crippen LogP contribution >= 0.6 is 15.9 Å². The van der Waals surface area contributed by atoms with Gasteiger partial charge >= 0.3 is 0 Å². The average Bonchev–Trinajstić information content (AvgIpc) is 3.27. The van der Waals surface area contributed by atoms with Gasteiger partial charge in [-0.15, -0.1) is 0 Å². The molecule has 0 unspecified atom stereocenters. The van der Waals surface area contributed by atoms with Crippen LogP contribution in [0.3, 0.4) is 0 Å². The molecule has 0 aliphatic carbocycles. The second kappa shape index (κ2) is 9.89. The SMILES string of the molecule is COc1ccc(-c2noc(CN3CCN(C(=O)/C=C/c4ccc(Br)cc4)CC3)n2)cc1. The van der Waals surface area contributed by atoms with Crippen LogP contribution in [0, 0.1) is 0 Å². The van der Waals surface area contributed by atoms with Crippen molar-refractivity contribution in [3.05, 3.63) is 70.5 Å². The quantitative estimate of drug-likeness (QED) is 0.496. The number of methoxy groups -OCH3 is 1. The summed E-state index contributed by atoms with van der Waals surface area (Å²) >= 11 is 3.41. The molecule has 1 aliphatic heterocycles. The Hall–Kier alpha value is -2.97. The molecule has 3 aromatic rings. The fourth-order valence-electron chi connectivity index (χ4n) is 3.34. The molecule has 0 N–H and O–H groups in total. The lowest BCUT2D eigenvalue weighted by molar-refractivity contribution is -0.127. The monoisotopic (exact) mass is 482 g/mol. The Morgan fingerprint density at radius 1 is 1.10 bits per heavy atom. The number of carbonyl (C=O) groups is 1. The van der Waals surface area contributed by atoms with Crippen molar-refractivity contribution in [2.24, 2.45) is 0 Å². The summed E-state index contributed by atoms with van der Waals surface area (Å²) in [5, 5.41) is 4.08. The minimum Gasteiger partial charge on any atom is -0.497 e. The molecule has 1 amide bonds. The van der Waals surface area contributed by atoms with Gasteiger partial charge in [0.15, 0.2) is 0 Å². The van der Waals surface area contributed by atoms with Gasteiger partial charge in [0.2, 0.25) is 17.6 Å². The summed E-state index contributed by atoms with van der Waals surface area (Å²) < 4.78 is 11.6. The molecule has 8 heteroatoms. The van der Waals surface area contributed by atoms with Crippen molar-refractivity contribution in [3.63, 3.8) is 0 Å². The van der Waals surface area contributed by atoms with Crippen LogP contribution in [0.15, 0.2) is 63.6 Å². The van der Waals surface area contributed by atoms with E-state index in [1.807, 2.05) is 59.5 Å². The van der Waals surface area contributed by atoms with Gasteiger partial charge in [0.05, 0.1) is 13.7 Å². The number of aromatic nitrogens is 2. The van der Waals surface area contributed by atoms with Crippen LogP contribution in [-0.2, 0) is 11.3 Å². The first kappa shape index (κ1) is 21.3. The molecule has 0 spiro atoms. The van der Waals surface area contributed by atoms with E-state index in [-0.39, 0.29) is 5.91 Å². The zero-order valence-electron chi connectivity index (χ0n) is 17.2. The van der Waals surface area contributed by atoms with E-state index in [1.165, 1.54) is 0 Å². The van der Waals surface area contributed by atoms with Crippen molar-refractivity contribution in [2.45, 2.75) is 6.54 Å². The first-order valence-corrected chi connectivity index (χ1v) is 10.8. The molecule has 160 valence electrons. The highest BCUT2D eigenvalue weighted by atomic mass is 79.9. The highest BCUT2D eigenvalue weighted by Gasteiger charge is 2.21. The Bertz CT molecular complexity index is 1040. The molecule has 0 atom stereocenters. The van der Waals surface area contributed by atoms with Crippen LogP contribution in [-0.4, -0.2) is 59.1 Å². The summed E-state index contributed by atoms with van der Waals surface area (Å²) in [6.07, 6.45) is 3.48. The number of rotatable bonds is 6. The number of hydrogen-bond donors (Lipinski definition) is 0. The number of halogens is 1. The molecule has 1 aromatic heterocycles. The van der Waals surface area contributed by atoms with E-state index in [9.17, 15) is 4.79 Å². The van der Waals surface area contributed by atoms with Gasteiger partial charge in [-0.2, -0.15) is 4.98 Å². The van der Waals surface area contributed by atoms with Gasteiger partial charge in [0.25, 0.3) is 0 Å². The predicted molar refractivity (Wildman–Crippen MR) is 121 cm³/mol. The zero-order chi connectivity index (χ0) is 21.6. The second-order valence-electron chi connectivity index (χ2n) is 7.23. The van der Waals surface area contributed by atoms with Gasteiger partial charge in [-0.05, 0) is 48.0 Å². The summed E-state index contributed by atoms with van der Waals surface area (Å²) in [5.41, 5.74) is 1.88. The van der Waals surface area contributed by atoms with Crippen molar-refractivity contribution in [1.29, 1.82) is 0 Å². The largest absolute Gasteiger partial charge is 0.497 e. The molecule has 0 radical (unpaired) electrons. The second-order valence-corrected chi connectivity index (χ2v) is 8.14. The van der Waals surface area contributed by atoms with Crippen LogP contribution in [0.5, 0.6) is 5.75 Å². The first-order valence-electron chi connectivity index (χ1n) is 10.0. The van der Waals surface area contributed by atoms with Crippen LogP contribution < -0.4 is 4.74 Å². The molecule has 1 aliphatic rings. The number of amides is 1. The normalized spacial score (nSPS) is 14.8. The fourth-order valence-corrected chi connectivity index (χ4v) is 3.61. The standard InChI is InChI=1S/C23H23BrN4O3/c1-30-20-9-5-18(6-10-20)23-25-21(31-26-23)16-27-12-14-28(15-13-27)22(29)11-4-17-2-7-19(24)8-3-17/h2-11H,12-16H2,1H3/b11-4+. The van der Waals surface area contributed by atoms with Gasteiger partial charge < -0.3 is 14.2 Å². The Labute approximate surface area is 189 Å². The van der Waals surface area contributed by atoms with Crippen molar-refractivity contribution >= 4 is 27.9 Å². The van der Waals surface area contributed by atoms with Crippen molar-refractivity contribution < 1.29 is 14.1 Å². The van der Waals surface area contributed by atoms with Gasteiger partial charge in [-0.1, -0.05) is 33.2 Å². The van der Waals surface area contributed by atoms with Gasteiger partial charge in [0.1, 0.15) is 5.75 Å². The Kier molecular flexibility index (Phi) is 6.79. The number of nitrogens with zero attached hydrogens (tertiary/aromatic N) is 4. The molecular formula is C23H23BrN4O3. The minimum absolute atomic E-state index is 0.0298. The van der Waals surface area contributed by atoms with Crippen LogP contribution in [0.4, 0.5) is 0 Å². The molecule has 4 rings (SSSR count). The summed E-state index contributed by atoms with van der Waals surface area (Å²) in [6, 6.07) is 15.4. The Morgan fingerprint density at radius 3 is 2.48 bits per heavy atom. The van der Waals surface area contributed by atoms with E-state index in [2.05, 4.69) is 31.0 Å². The van der Waals surface area contributed by atoms with E-state index in [4.69, 9.17) is 9.26 Å². The molecule has 1 saturated heterocycles. The summed E-state index contributed by atoms with van der Waals surface area (Å²) in [4.78, 5) is 21.0. The first-order chi connectivity index (χ1) is 15.1. The lowest BCUT2D eigenvalue weighted by Crippen LogP contribution is -2.47. The van der Waals surface area contributed by atoms with Gasteiger partial charge in [0, 0.05) is 42.3 Å². The van der Waals surface area contributed by atoms with E-state index >= 15 is 0 Å². The third-order valence-corrected chi connectivity index (χ3v) is 5.68. The number of piperazine rings is 1. The summed E-state index contributed by atoms with van der Waals surface area (Å²) in [7, 11) is 1.63. The zero-order valence-corrected chi connectivity index (χ0v) is 18.8. The van der Waals surface area contributed by atoms with Gasteiger partial charge in [-0.25, -0.2) is 0 Å². The van der Waals surface area contributed by atoms with Crippen LogP contribution in [0.2, 0.25) is 0 Å². The van der Waals surface area contributed by atoms with E-state index < -0.39 is 0 Å². The number of ether oxygens (including phenoxy) is 1. The molecule has 2 heterocycles. The maximum absolute atomic E-state index is 12.5. The molecule has 1 fully saturated rings. The molecule has 31 heavy (non-hydrogen) atoms. The predicted octanol–water partition coefficient (Wildman–Crippen LogP) is 3.87. The number of carbonyl (C=O) groups excluding carboxylic acids is 1. The molecule has 2 aromatic carbocycles. The van der Waals surface area contributed by atoms with Crippen LogP contribution in [0.25, 0.3) is 17.5 Å². The van der Waals surface area contributed by atoms with Crippen molar-refractivity contribution in [1.82, 2.24) is 19.9 Å². The highest BCUT2D eigenvalue weighted by Crippen LogP contribution is 2.20. The molecule has 0 saturated carbocycles. The Morgan fingerprint density at radius 2 is 1.81 bits per heavy atom. The molecule has 7 nitrogen and oxygen atoms in total. The lowest BCUT2D eigenvalue weighted by Gasteiger charge is -2.33. The fraction of sp³-hybridized carbons (Fsp3) is 0.261. The van der Waals surface area contributed by atoms with E-state index in [0.29, 0.717) is 31.3 Å². The molecule has 0 bridgehead atoms. The van der Waals surface area contributed by atoms with Crippen molar-refractivity contribution in [3.8, 4) is 17.1 Å². The van der Waals surface area contributed by atoms with E-state index in [0.717, 1.165) is 34.4 Å². The smallest absolute Gasteiger partial charge is 0.246 e. The maximum atomic E-state index is 12.5. The highest BCUT2D eigenvalue weighted by molar-refractivity contribution is 9.10. The average molecular weight is 483 g/mol. The van der Waals surface area contributed by atoms with E-state index in [1.54, 1.807) is 13.2 Å². The summed E-state index contributed by atoms with van der Waals surface area (Å²) in [5.74, 6) is 1.94. The van der Waals surface area contributed by atoms with Crippen LogP contribution in [0.1, 0.15) is 11.5 Å². The third-order valence-electron chi connectivity index (χ3n) is 5.15. The lowest BCUT2D eigenvalue weighted by atomic mass is 10.2. The Balaban J connectivity index is 1.27. The molecular weight excluding hydrogens is 460 g/mol. The van der Waals surface area contributed by atoms with Gasteiger partial charge in [-0.3, -0.25) is 9.69 Å².